The highest BCUT2D eigenvalue weighted by Gasteiger charge is 2.42. The van der Waals surface area contributed by atoms with Crippen molar-refractivity contribution in [2.24, 2.45) is 0 Å². The molecule has 0 atom stereocenters. The summed E-state index contributed by atoms with van der Waals surface area (Å²) in [5.74, 6) is 0. The van der Waals surface area contributed by atoms with Crippen LogP contribution in [0.5, 0.6) is 0 Å². The Morgan fingerprint density at radius 3 is 1.39 bits per heavy atom. The summed E-state index contributed by atoms with van der Waals surface area (Å²) in [6, 6.07) is 72.0. The number of aromatic nitrogens is 2. The van der Waals surface area contributed by atoms with E-state index < -0.39 is 10.0 Å². The maximum absolute atomic E-state index is 2.53. The summed E-state index contributed by atoms with van der Waals surface area (Å²) in [7, 11) is -1.78. The van der Waals surface area contributed by atoms with E-state index in [0.29, 0.717) is 0 Å². The van der Waals surface area contributed by atoms with Gasteiger partial charge < -0.3 is 9.13 Å². The fourth-order valence-electron chi connectivity index (χ4n) is 8.66. The molecule has 11 rings (SSSR count). The monoisotopic (exact) mass is 668 g/mol. The van der Waals surface area contributed by atoms with Crippen LogP contribution >= 0.6 is 10.0 Å². The number of hydrogen-bond donors (Lipinski definition) is 0. The highest BCUT2D eigenvalue weighted by Crippen LogP contribution is 2.80. The average molecular weight is 669 g/mol. The number of hydrogen-bond acceptors (Lipinski definition) is 0. The van der Waals surface area contributed by atoms with Crippen molar-refractivity contribution in [2.75, 3.05) is 0 Å². The van der Waals surface area contributed by atoms with Crippen LogP contribution in [-0.2, 0) is 0 Å². The van der Waals surface area contributed by atoms with Crippen LogP contribution in [0.25, 0.3) is 66.1 Å². The molecule has 51 heavy (non-hydrogen) atoms. The van der Waals surface area contributed by atoms with Gasteiger partial charge in [-0.1, -0.05) is 109 Å². The van der Waals surface area contributed by atoms with Crippen molar-refractivity contribution < 1.29 is 0 Å². The van der Waals surface area contributed by atoms with Gasteiger partial charge in [-0.3, -0.25) is 0 Å². The summed E-state index contributed by atoms with van der Waals surface area (Å²) in [6.07, 6.45) is 0. The Morgan fingerprint density at radius 2 is 0.765 bits per heavy atom. The van der Waals surface area contributed by atoms with Crippen molar-refractivity contribution in [2.45, 2.75) is 19.6 Å². The predicted octanol–water partition coefficient (Wildman–Crippen LogP) is 13.2. The van der Waals surface area contributed by atoms with Crippen molar-refractivity contribution in [3.63, 3.8) is 0 Å². The number of para-hydroxylation sites is 3. The molecule has 2 aromatic heterocycles. The summed E-state index contributed by atoms with van der Waals surface area (Å²) < 4.78 is 4.88. The van der Waals surface area contributed by atoms with Gasteiger partial charge in [-0.25, -0.2) is 0 Å². The van der Waals surface area contributed by atoms with Gasteiger partial charge in [0.1, 0.15) is 0 Å². The Kier molecular flexibility index (Phi) is 6.07. The van der Waals surface area contributed by atoms with Crippen LogP contribution in [0.2, 0.25) is 0 Å². The van der Waals surface area contributed by atoms with E-state index in [1.807, 2.05) is 0 Å². The second kappa shape index (κ2) is 10.9. The molecule has 0 saturated heterocycles. The van der Waals surface area contributed by atoms with E-state index in [0.717, 1.165) is 5.69 Å². The van der Waals surface area contributed by atoms with E-state index >= 15 is 0 Å². The van der Waals surface area contributed by atoms with Crippen molar-refractivity contribution >= 4 is 53.6 Å². The van der Waals surface area contributed by atoms with E-state index in [-0.39, 0.29) is 0 Å². The van der Waals surface area contributed by atoms with Crippen LogP contribution < -0.4 is 0 Å². The van der Waals surface area contributed by atoms with Crippen molar-refractivity contribution in [1.82, 2.24) is 9.13 Å². The minimum Gasteiger partial charge on any atom is -0.309 e. The second-order valence-electron chi connectivity index (χ2n) is 13.3. The molecule has 0 fully saturated rings. The zero-order valence-corrected chi connectivity index (χ0v) is 28.6. The molecule has 10 aromatic rings. The molecule has 1 aliphatic heterocycles. The van der Waals surface area contributed by atoms with Gasteiger partial charge in [-0.15, -0.1) is 10.0 Å². The number of rotatable bonds is 4. The molecule has 3 heteroatoms. The molecule has 0 N–H and O–H groups in total. The standard InChI is InChI=1S/C48H32N2S/c1-4-16-33(17-5-1)49-43-25-13-10-22-37(43)41-31-42-40-30-36(28-29-44(40)50(46(42)32-45(41)49)34-18-6-2-7-19-34)51(35-20-8-3-9-21-35)47-26-14-11-23-38(47)39-24-12-15-27-48(39)51/h1-32H. The maximum atomic E-state index is 2.53. The first-order chi connectivity index (χ1) is 25.3. The molecule has 0 saturated carbocycles. The lowest BCUT2D eigenvalue weighted by Gasteiger charge is -2.39. The second-order valence-corrected chi connectivity index (χ2v) is 16.4. The largest absolute Gasteiger partial charge is 0.309 e. The first kappa shape index (κ1) is 28.5. The highest BCUT2D eigenvalue weighted by atomic mass is 32.3. The number of benzene rings is 8. The molecule has 0 bridgehead atoms. The summed E-state index contributed by atoms with van der Waals surface area (Å²) in [4.78, 5) is 5.55. The molecular formula is C48H32N2S. The van der Waals surface area contributed by atoms with Gasteiger partial charge in [0.15, 0.2) is 0 Å². The number of nitrogens with zero attached hydrogens (tertiary/aromatic N) is 2. The Labute approximate surface area is 297 Å². The lowest BCUT2D eigenvalue weighted by atomic mass is 10.1. The minimum atomic E-state index is -1.78. The van der Waals surface area contributed by atoms with Crippen molar-refractivity contribution in [3.05, 3.63) is 194 Å². The molecule has 0 unspecified atom stereocenters. The number of fused-ring (bicyclic) bond motifs is 9. The van der Waals surface area contributed by atoms with Crippen molar-refractivity contribution in [3.8, 4) is 22.5 Å². The topological polar surface area (TPSA) is 9.86 Å². The first-order valence-electron chi connectivity index (χ1n) is 17.5. The minimum absolute atomic E-state index is 1.16. The fourth-order valence-corrected chi connectivity index (χ4v) is 12.9. The average Bonchev–Trinajstić information content (AvgIpc) is 3.81. The zero-order chi connectivity index (χ0) is 33.5. The van der Waals surface area contributed by atoms with E-state index in [1.165, 1.54) is 80.0 Å². The molecular weight excluding hydrogens is 637 g/mol. The molecule has 0 amide bonds. The summed E-state index contributed by atoms with van der Waals surface area (Å²) in [5, 5.41) is 5.07. The lowest BCUT2D eigenvalue weighted by Crippen LogP contribution is -2.02. The third-order valence-corrected chi connectivity index (χ3v) is 14.7. The third kappa shape index (κ3) is 3.90. The molecule has 1 aliphatic rings. The van der Waals surface area contributed by atoms with Gasteiger partial charge in [0.05, 0.1) is 22.1 Å². The van der Waals surface area contributed by atoms with Gasteiger partial charge in [0.2, 0.25) is 0 Å². The fraction of sp³-hybridized carbons (Fsp3) is 0. The third-order valence-electron chi connectivity index (χ3n) is 10.7. The molecule has 240 valence electrons. The van der Waals surface area contributed by atoms with Gasteiger partial charge in [-0.2, -0.15) is 0 Å². The summed E-state index contributed by atoms with van der Waals surface area (Å²) in [5.41, 5.74) is 9.85. The van der Waals surface area contributed by atoms with Crippen molar-refractivity contribution in [1.29, 1.82) is 0 Å². The van der Waals surface area contributed by atoms with Gasteiger partial charge in [0.25, 0.3) is 0 Å². The predicted molar refractivity (Wildman–Crippen MR) is 214 cm³/mol. The first-order valence-corrected chi connectivity index (χ1v) is 19.1. The summed E-state index contributed by atoms with van der Waals surface area (Å²) in [6.45, 7) is 0. The van der Waals surface area contributed by atoms with E-state index in [9.17, 15) is 0 Å². The molecule has 3 heterocycles. The summed E-state index contributed by atoms with van der Waals surface area (Å²) >= 11 is 0. The van der Waals surface area contributed by atoms with Crippen LogP contribution in [0.4, 0.5) is 0 Å². The van der Waals surface area contributed by atoms with Crippen LogP contribution in [0.1, 0.15) is 0 Å². The smallest absolute Gasteiger partial charge is 0.0562 e. The maximum Gasteiger partial charge on any atom is 0.0562 e. The van der Waals surface area contributed by atoms with Gasteiger partial charge >= 0.3 is 0 Å². The molecule has 0 spiro atoms. The Morgan fingerprint density at radius 1 is 0.294 bits per heavy atom. The van der Waals surface area contributed by atoms with E-state index in [1.54, 1.807) is 0 Å². The van der Waals surface area contributed by atoms with Crippen LogP contribution in [0.3, 0.4) is 0 Å². The van der Waals surface area contributed by atoms with E-state index in [4.69, 9.17) is 0 Å². The Balaban J connectivity index is 1.29. The highest BCUT2D eigenvalue weighted by molar-refractivity contribution is 8.34. The van der Waals surface area contributed by atoms with Crippen LogP contribution in [0, 0.1) is 0 Å². The van der Waals surface area contributed by atoms with Crippen LogP contribution in [0.15, 0.2) is 214 Å². The van der Waals surface area contributed by atoms with E-state index in [2.05, 4.69) is 203 Å². The van der Waals surface area contributed by atoms with Crippen LogP contribution in [-0.4, -0.2) is 9.13 Å². The Hall–Kier alpha value is -6.29. The zero-order valence-electron chi connectivity index (χ0n) is 27.8. The molecule has 0 aliphatic carbocycles. The quantitative estimate of drug-likeness (QED) is 0.177. The SMILES string of the molecule is c1ccc(-n2c3ccccc3c3cc4c5cc(S6(c7ccccc7)c7ccccc7-c7ccccc76)ccc5n(-c5ccccc5)c4cc32)cc1. The molecule has 2 nitrogen and oxygen atoms in total. The van der Waals surface area contributed by atoms with Gasteiger partial charge in [0, 0.05) is 52.5 Å². The van der Waals surface area contributed by atoms with Gasteiger partial charge in [-0.05, 0) is 96.1 Å². The molecule has 0 radical (unpaired) electrons. The molecule has 8 aromatic carbocycles. The normalized spacial score (nSPS) is 13.9. The lowest BCUT2D eigenvalue weighted by molar-refractivity contribution is 1.16. The Bertz CT molecular complexity index is 2910.